The summed E-state index contributed by atoms with van der Waals surface area (Å²) in [6, 6.07) is 0. The molecule has 0 saturated heterocycles. The summed E-state index contributed by atoms with van der Waals surface area (Å²) < 4.78 is 0. The molecule has 0 saturated carbocycles. The molecule has 2 aromatic rings. The van der Waals surface area contributed by atoms with E-state index < -0.39 is 0 Å². The van der Waals surface area contributed by atoms with Crippen LogP contribution in [0.25, 0.3) is 0 Å². The molecule has 0 aliphatic heterocycles. The van der Waals surface area contributed by atoms with Gasteiger partial charge in [0, 0.05) is 29.9 Å². The highest BCUT2D eigenvalue weighted by Crippen LogP contribution is 2.10. The van der Waals surface area contributed by atoms with Gasteiger partial charge in [-0.05, 0) is 19.4 Å². The second-order valence-electron chi connectivity index (χ2n) is 5.07. The van der Waals surface area contributed by atoms with Crippen molar-refractivity contribution in [1.82, 2.24) is 20.3 Å². The molecule has 102 valence electrons. The highest BCUT2D eigenvalue weighted by Gasteiger charge is 2.03. The third-order valence-corrected chi connectivity index (χ3v) is 3.47. The molecule has 4 nitrogen and oxygen atoms in total. The number of hydrogen-bond acceptors (Lipinski definition) is 5. The van der Waals surface area contributed by atoms with E-state index in [0.717, 1.165) is 35.2 Å². The van der Waals surface area contributed by atoms with E-state index in [9.17, 15) is 0 Å². The molecule has 5 heteroatoms. The molecular weight excluding hydrogens is 256 g/mol. The van der Waals surface area contributed by atoms with Crippen molar-refractivity contribution in [3.63, 3.8) is 0 Å². The van der Waals surface area contributed by atoms with Crippen LogP contribution >= 0.6 is 11.3 Å². The fraction of sp³-hybridized carbons (Fsp3) is 0.500. The highest BCUT2D eigenvalue weighted by molar-refractivity contribution is 7.09. The van der Waals surface area contributed by atoms with Crippen LogP contribution in [-0.4, -0.2) is 21.5 Å². The van der Waals surface area contributed by atoms with Gasteiger partial charge in [-0.3, -0.25) is 0 Å². The molecule has 0 atom stereocenters. The van der Waals surface area contributed by atoms with Crippen molar-refractivity contribution < 1.29 is 0 Å². The second-order valence-corrected chi connectivity index (χ2v) is 6.13. The fourth-order valence-corrected chi connectivity index (χ4v) is 2.33. The van der Waals surface area contributed by atoms with Crippen LogP contribution in [0.3, 0.4) is 0 Å². The normalized spacial score (nSPS) is 11.2. The smallest absolute Gasteiger partial charge is 0.134 e. The lowest BCUT2D eigenvalue weighted by Crippen LogP contribution is -2.19. The average Bonchev–Trinajstić information content (AvgIpc) is 2.77. The molecule has 0 radical (unpaired) electrons. The SMILES string of the molecule is Cc1nc(Cc2ncc(CNCC(C)C)cn2)cs1. The lowest BCUT2D eigenvalue weighted by molar-refractivity contribution is 0.551. The van der Waals surface area contributed by atoms with Gasteiger partial charge in [0.15, 0.2) is 0 Å². The molecule has 1 N–H and O–H groups in total. The second kappa shape index (κ2) is 6.73. The van der Waals surface area contributed by atoms with Crippen LogP contribution in [-0.2, 0) is 13.0 Å². The van der Waals surface area contributed by atoms with Crippen LogP contribution in [0.15, 0.2) is 17.8 Å². The van der Waals surface area contributed by atoms with Crippen LogP contribution in [0.1, 0.15) is 35.9 Å². The largest absolute Gasteiger partial charge is 0.312 e. The quantitative estimate of drug-likeness (QED) is 0.881. The maximum absolute atomic E-state index is 4.42. The minimum atomic E-state index is 0.660. The Labute approximate surface area is 118 Å². The van der Waals surface area contributed by atoms with Crippen molar-refractivity contribution in [2.45, 2.75) is 33.7 Å². The summed E-state index contributed by atoms with van der Waals surface area (Å²) in [6.45, 7) is 8.25. The Kier molecular flexibility index (Phi) is 4.99. The van der Waals surface area contributed by atoms with Gasteiger partial charge in [0.25, 0.3) is 0 Å². The standard InChI is InChI=1S/C14H20N4S/c1-10(2)5-15-6-12-7-16-14(17-8-12)4-13-9-19-11(3)18-13/h7-10,15H,4-6H2,1-3H3. The van der Waals surface area contributed by atoms with Crippen LogP contribution in [0.5, 0.6) is 0 Å². The number of hydrogen-bond donors (Lipinski definition) is 1. The Bertz CT molecular complexity index is 504. The Morgan fingerprint density at radius 2 is 2.00 bits per heavy atom. The number of aromatic nitrogens is 3. The van der Waals surface area contributed by atoms with Crippen molar-refractivity contribution in [3.8, 4) is 0 Å². The predicted octanol–water partition coefficient (Wildman–Crippen LogP) is 2.58. The van der Waals surface area contributed by atoms with E-state index in [1.807, 2.05) is 19.3 Å². The minimum Gasteiger partial charge on any atom is -0.312 e. The zero-order valence-electron chi connectivity index (χ0n) is 11.7. The Hall–Kier alpha value is -1.33. The molecule has 0 fully saturated rings. The van der Waals surface area contributed by atoms with Gasteiger partial charge in [-0.25, -0.2) is 15.0 Å². The van der Waals surface area contributed by atoms with Gasteiger partial charge in [0.2, 0.25) is 0 Å². The van der Waals surface area contributed by atoms with Gasteiger partial charge < -0.3 is 5.32 Å². The molecule has 2 rings (SSSR count). The maximum atomic E-state index is 4.42. The molecule has 19 heavy (non-hydrogen) atoms. The van der Waals surface area contributed by atoms with Crippen molar-refractivity contribution in [2.75, 3.05) is 6.54 Å². The number of aryl methyl sites for hydroxylation is 1. The number of nitrogens with one attached hydrogen (secondary N) is 1. The van der Waals surface area contributed by atoms with Gasteiger partial charge in [0.1, 0.15) is 5.82 Å². The zero-order valence-corrected chi connectivity index (χ0v) is 12.5. The van der Waals surface area contributed by atoms with Crippen molar-refractivity contribution in [1.29, 1.82) is 0 Å². The van der Waals surface area contributed by atoms with E-state index in [1.165, 1.54) is 0 Å². The first-order valence-electron chi connectivity index (χ1n) is 6.55. The van der Waals surface area contributed by atoms with E-state index >= 15 is 0 Å². The van der Waals surface area contributed by atoms with Gasteiger partial charge in [-0.15, -0.1) is 11.3 Å². The zero-order chi connectivity index (χ0) is 13.7. The molecule has 0 aliphatic rings. The summed E-state index contributed by atoms with van der Waals surface area (Å²) in [6.07, 6.45) is 4.51. The average molecular weight is 276 g/mol. The third kappa shape index (κ3) is 4.69. The molecule has 0 unspecified atom stereocenters. The molecule has 2 aromatic heterocycles. The molecular formula is C14H20N4S. The first kappa shape index (κ1) is 14.1. The Balaban J connectivity index is 1.87. The van der Waals surface area contributed by atoms with Crippen molar-refractivity contribution in [3.05, 3.63) is 39.9 Å². The third-order valence-electron chi connectivity index (χ3n) is 2.65. The van der Waals surface area contributed by atoms with Gasteiger partial charge in [-0.1, -0.05) is 13.8 Å². The summed E-state index contributed by atoms with van der Waals surface area (Å²) in [5.74, 6) is 1.49. The van der Waals surface area contributed by atoms with Gasteiger partial charge >= 0.3 is 0 Å². The van der Waals surface area contributed by atoms with Crippen molar-refractivity contribution in [2.24, 2.45) is 5.92 Å². The number of thiazole rings is 1. The lowest BCUT2D eigenvalue weighted by atomic mass is 10.2. The molecule has 0 bridgehead atoms. The highest BCUT2D eigenvalue weighted by atomic mass is 32.1. The summed E-state index contributed by atoms with van der Waals surface area (Å²) >= 11 is 1.66. The fourth-order valence-electron chi connectivity index (χ4n) is 1.72. The van der Waals surface area contributed by atoms with Crippen LogP contribution in [0.2, 0.25) is 0 Å². The van der Waals surface area contributed by atoms with Gasteiger partial charge in [0.05, 0.1) is 17.1 Å². The topological polar surface area (TPSA) is 50.7 Å². The van der Waals surface area contributed by atoms with E-state index in [-0.39, 0.29) is 0 Å². The van der Waals surface area contributed by atoms with Gasteiger partial charge in [-0.2, -0.15) is 0 Å². The summed E-state index contributed by atoms with van der Waals surface area (Å²) in [7, 11) is 0. The van der Waals surface area contributed by atoms with Crippen LogP contribution in [0.4, 0.5) is 0 Å². The predicted molar refractivity (Wildman–Crippen MR) is 78.2 cm³/mol. The van der Waals surface area contributed by atoms with Crippen LogP contribution in [0, 0.1) is 12.8 Å². The van der Waals surface area contributed by atoms with E-state index in [0.29, 0.717) is 12.3 Å². The molecule has 0 aromatic carbocycles. The summed E-state index contributed by atoms with van der Waals surface area (Å²) in [4.78, 5) is 13.2. The maximum Gasteiger partial charge on any atom is 0.134 e. The molecule has 0 aliphatic carbocycles. The molecule has 0 spiro atoms. The number of rotatable bonds is 6. The molecule has 0 amide bonds. The summed E-state index contributed by atoms with van der Waals surface area (Å²) in [5, 5.41) is 6.54. The monoisotopic (exact) mass is 276 g/mol. The Morgan fingerprint density at radius 1 is 1.26 bits per heavy atom. The first-order valence-corrected chi connectivity index (χ1v) is 7.43. The minimum absolute atomic E-state index is 0.660. The Morgan fingerprint density at radius 3 is 2.58 bits per heavy atom. The molecule has 2 heterocycles. The van der Waals surface area contributed by atoms with Crippen molar-refractivity contribution >= 4 is 11.3 Å². The van der Waals surface area contributed by atoms with E-state index in [2.05, 4.69) is 39.5 Å². The number of nitrogens with zero attached hydrogens (tertiary/aromatic N) is 3. The first-order chi connectivity index (χ1) is 9.13. The van der Waals surface area contributed by atoms with Crippen LogP contribution < -0.4 is 5.32 Å². The van der Waals surface area contributed by atoms with E-state index in [4.69, 9.17) is 0 Å². The van der Waals surface area contributed by atoms with E-state index in [1.54, 1.807) is 11.3 Å². The lowest BCUT2D eigenvalue weighted by Gasteiger charge is -2.07. The summed E-state index contributed by atoms with van der Waals surface area (Å²) in [5.41, 5.74) is 2.17.